The third-order valence-corrected chi connectivity index (χ3v) is 3.85. The van der Waals surface area contributed by atoms with Crippen LogP contribution in [0.2, 0.25) is 0 Å². The van der Waals surface area contributed by atoms with Crippen LogP contribution in [0, 0.1) is 11.8 Å². The zero-order chi connectivity index (χ0) is 11.3. The van der Waals surface area contributed by atoms with Crippen LogP contribution in [-0.4, -0.2) is 24.2 Å². The van der Waals surface area contributed by atoms with E-state index >= 15 is 0 Å². The maximum atomic E-state index is 11.1. The van der Waals surface area contributed by atoms with Crippen LogP contribution in [0.1, 0.15) is 26.2 Å². The molecule has 1 aliphatic rings. The van der Waals surface area contributed by atoms with E-state index in [1.165, 1.54) is 12.8 Å². The molecule has 0 spiro atoms. The van der Waals surface area contributed by atoms with Gasteiger partial charge < -0.3 is 22.9 Å². The van der Waals surface area contributed by atoms with Gasteiger partial charge in [-0.1, -0.05) is 13.3 Å². The first-order chi connectivity index (χ1) is 7.15. The van der Waals surface area contributed by atoms with Gasteiger partial charge in [0, 0.05) is 5.92 Å². The summed E-state index contributed by atoms with van der Waals surface area (Å²) in [6.07, 6.45) is 3.30. The molecule has 0 aromatic heterocycles. The molecule has 0 bridgehead atoms. The second-order valence-electron chi connectivity index (χ2n) is 4.24. The van der Waals surface area contributed by atoms with Crippen LogP contribution < -0.4 is 5.32 Å². The molecule has 1 radical (unpaired) electrons. The van der Waals surface area contributed by atoms with Gasteiger partial charge in [0.15, 0.2) is 5.12 Å². The van der Waals surface area contributed by atoms with E-state index in [0.717, 1.165) is 19.5 Å². The maximum Gasteiger partial charge on any atom is 1.00 e. The first kappa shape index (κ1) is 16.9. The Labute approximate surface area is 122 Å². The Morgan fingerprint density at radius 2 is 2.06 bits per heavy atom. The summed E-state index contributed by atoms with van der Waals surface area (Å²) in [7, 11) is 0. The fourth-order valence-corrected chi connectivity index (χ4v) is 2.44. The minimum absolute atomic E-state index is 0. The number of hydrogen-bond donors (Lipinski definition) is 3. The van der Waals surface area contributed by atoms with Crippen LogP contribution >= 0.6 is 25.4 Å². The van der Waals surface area contributed by atoms with Gasteiger partial charge in [-0.3, -0.25) is 4.79 Å². The summed E-state index contributed by atoms with van der Waals surface area (Å²) in [5.41, 5.74) is 0. The Hall–Kier alpha value is 0.926. The van der Waals surface area contributed by atoms with Crippen molar-refractivity contribution in [3.63, 3.8) is 0 Å². The van der Waals surface area contributed by atoms with Crippen LogP contribution in [0.25, 0.3) is 4.72 Å². The molecule has 2 atom stereocenters. The van der Waals surface area contributed by atoms with E-state index in [1.54, 1.807) is 0 Å². The van der Waals surface area contributed by atoms with Crippen molar-refractivity contribution in [2.24, 2.45) is 11.8 Å². The van der Waals surface area contributed by atoms with E-state index in [9.17, 15) is 4.79 Å². The van der Waals surface area contributed by atoms with Crippen LogP contribution in [0.5, 0.6) is 0 Å². The molecule has 1 fully saturated rings. The average Bonchev–Trinajstić information content (AvgIpc) is 2.26. The zero-order valence-corrected chi connectivity index (χ0v) is 13.7. The predicted molar refractivity (Wildman–Crippen MR) is 69.5 cm³/mol. The number of rotatable bonds is 5. The third-order valence-electron chi connectivity index (χ3n) is 3.15. The van der Waals surface area contributed by atoms with Crippen molar-refractivity contribution >= 4 is 30.6 Å². The number of carbonyl (C=O) groups excluding carboxylic acids is 1. The van der Waals surface area contributed by atoms with Gasteiger partial charge in [0.05, 0.1) is 0 Å². The van der Waals surface area contributed by atoms with Gasteiger partial charge in [-0.05, 0) is 31.8 Å². The molecule has 2 unspecified atom stereocenters. The van der Waals surface area contributed by atoms with E-state index in [-0.39, 0.29) is 36.9 Å². The minimum Gasteiger partial charge on any atom is -0.606 e. The Balaban J connectivity index is 0.00000225. The summed E-state index contributed by atoms with van der Waals surface area (Å²) in [6, 6.07) is 0.0152. The van der Waals surface area contributed by atoms with E-state index in [4.69, 9.17) is 0 Å². The summed E-state index contributed by atoms with van der Waals surface area (Å²) >= 11 is 7.83. The van der Waals surface area contributed by atoms with Crippen LogP contribution in [0.4, 0.5) is 0 Å². The molecule has 6 heteroatoms. The van der Waals surface area contributed by atoms with Crippen molar-refractivity contribution in [1.29, 1.82) is 0 Å². The summed E-state index contributed by atoms with van der Waals surface area (Å²) in [5.74, 6) is 0.544. The van der Waals surface area contributed by atoms with Crippen molar-refractivity contribution < 1.29 is 24.6 Å². The van der Waals surface area contributed by atoms with Gasteiger partial charge in [-0.2, -0.15) is 0 Å². The third kappa shape index (κ3) is 5.51. The number of piperidine rings is 1. The van der Waals surface area contributed by atoms with E-state index < -0.39 is 0 Å². The molecule has 1 heterocycles. The van der Waals surface area contributed by atoms with Crippen molar-refractivity contribution in [3.05, 3.63) is 4.72 Å². The van der Waals surface area contributed by atoms with Crippen molar-refractivity contribution in [2.45, 2.75) is 32.2 Å². The van der Waals surface area contributed by atoms with Gasteiger partial charge in [-0.15, -0.1) is 18.7 Å². The summed E-state index contributed by atoms with van der Waals surface area (Å²) in [4.78, 5) is 11.1. The average molecular weight is 438 g/mol. The molecule has 0 saturated carbocycles. The molecule has 0 aliphatic carbocycles. The molecule has 0 aromatic carbocycles. The normalized spacial score (nSPS) is 20.9. The largest absolute Gasteiger partial charge is 1.00 e. The molecular weight excluding hydrogens is 418 g/mol. The zero-order valence-electron chi connectivity index (χ0n) is 9.37. The SMILES string of the molecule is CC(C(=O)S)C(CC1CCNCC1)[N-]S.[Os+]. The van der Waals surface area contributed by atoms with Crippen LogP contribution in [0.15, 0.2) is 0 Å². The van der Waals surface area contributed by atoms with Gasteiger partial charge in [0.25, 0.3) is 0 Å². The Morgan fingerprint density at radius 1 is 1.50 bits per heavy atom. The van der Waals surface area contributed by atoms with Crippen LogP contribution in [0.3, 0.4) is 0 Å². The fourth-order valence-electron chi connectivity index (χ4n) is 1.97. The maximum absolute atomic E-state index is 11.1. The van der Waals surface area contributed by atoms with Crippen molar-refractivity contribution in [3.8, 4) is 0 Å². The van der Waals surface area contributed by atoms with Crippen molar-refractivity contribution in [1.82, 2.24) is 5.32 Å². The molecule has 1 aliphatic heterocycles. The second-order valence-corrected chi connectivity index (χ2v) is 4.91. The molecule has 1 N–H and O–H groups in total. The predicted octanol–water partition coefficient (Wildman–Crippen LogP) is 2.05. The number of thiol groups is 2. The Bertz CT molecular complexity index is 213. The van der Waals surface area contributed by atoms with E-state index in [0.29, 0.717) is 5.92 Å². The van der Waals surface area contributed by atoms with Gasteiger partial charge in [0.2, 0.25) is 0 Å². The van der Waals surface area contributed by atoms with Gasteiger partial charge >= 0.3 is 19.8 Å². The Morgan fingerprint density at radius 3 is 2.50 bits per heavy atom. The van der Waals surface area contributed by atoms with Crippen molar-refractivity contribution in [2.75, 3.05) is 13.1 Å². The minimum atomic E-state index is -0.124. The molecule has 3 nitrogen and oxygen atoms in total. The summed E-state index contributed by atoms with van der Waals surface area (Å²) < 4.78 is 4.01. The summed E-state index contributed by atoms with van der Waals surface area (Å²) in [5, 5.41) is 3.24. The van der Waals surface area contributed by atoms with E-state index in [1.807, 2.05) is 6.92 Å². The first-order valence-corrected chi connectivity index (χ1v) is 6.27. The molecule has 0 amide bonds. The molecule has 16 heavy (non-hydrogen) atoms. The molecule has 1 saturated heterocycles. The number of nitrogens with one attached hydrogen (secondary N) is 1. The number of carbonyl (C=O) groups is 1. The molecule has 1 rings (SSSR count). The van der Waals surface area contributed by atoms with Crippen LogP contribution in [-0.2, 0) is 24.6 Å². The molecule has 0 aromatic rings. The molecule has 95 valence electrons. The smallest absolute Gasteiger partial charge is 0.606 e. The topological polar surface area (TPSA) is 43.2 Å². The van der Waals surface area contributed by atoms with E-state index in [2.05, 4.69) is 35.5 Å². The fraction of sp³-hybridized carbons (Fsp3) is 0.900. The quantitative estimate of drug-likeness (QED) is 0.577. The van der Waals surface area contributed by atoms with Gasteiger partial charge in [0.1, 0.15) is 0 Å². The summed E-state index contributed by atoms with van der Waals surface area (Å²) in [6.45, 7) is 4.03. The second kappa shape index (κ2) is 8.94. The standard InChI is InChI=1S/C10H19N2OS2.Os/c1-7(10(13)14)9(12-15)6-8-2-4-11-5-3-8;/h7-9,11,15H,2-6H2,1H3,(H,13,14);/q-1;+1. The Kier molecular flexibility index (Phi) is 9.45. The number of nitrogens with zero attached hydrogens (tertiary/aromatic N) is 1. The molecular formula is C10H19N2OOsS2. The monoisotopic (exact) mass is 439 g/mol. The first-order valence-electron chi connectivity index (χ1n) is 5.43. The van der Waals surface area contributed by atoms with Gasteiger partial charge in [-0.25, -0.2) is 0 Å². The number of hydrogen-bond acceptors (Lipinski definition) is 3.